The van der Waals surface area contributed by atoms with Gasteiger partial charge in [0.15, 0.2) is 5.69 Å². The van der Waals surface area contributed by atoms with Crippen molar-refractivity contribution >= 4 is 44.7 Å². The van der Waals surface area contributed by atoms with Gasteiger partial charge >= 0.3 is 0 Å². The highest BCUT2D eigenvalue weighted by Gasteiger charge is 2.36. The summed E-state index contributed by atoms with van der Waals surface area (Å²) in [5.41, 5.74) is 6.25. The Morgan fingerprint density at radius 1 is 1.16 bits per heavy atom. The summed E-state index contributed by atoms with van der Waals surface area (Å²) in [5.74, 6) is 0.455. The summed E-state index contributed by atoms with van der Waals surface area (Å²) in [7, 11) is 0. The third kappa shape index (κ3) is 4.44. The summed E-state index contributed by atoms with van der Waals surface area (Å²) in [5, 5.41) is 14.6. The standard InChI is InChI=1S/C25H24N8O3S/c1-12-6-19(24(35)29-10-15-7-14-9-27-21(26)8-20(14)37-15)33-22(12)28-11-18(25(33)36)30-23(34)17-5-4-16(31-32-17)13-2-3-13/h4-5,7-9,11-13,19H,2-3,6,10H2,1H3,(H2,26,27)(H,29,35)(H,30,34)/t12-,19+/m1/s1. The molecule has 4 aromatic rings. The Morgan fingerprint density at radius 2 is 2.00 bits per heavy atom. The number of aromatic nitrogens is 5. The number of anilines is 2. The van der Waals surface area contributed by atoms with Gasteiger partial charge in [0, 0.05) is 33.0 Å². The lowest BCUT2D eigenvalue weighted by atomic mass is 10.1. The molecule has 5 heterocycles. The second-order valence-corrected chi connectivity index (χ2v) is 10.7. The second kappa shape index (κ2) is 9.04. The highest BCUT2D eigenvalue weighted by Crippen LogP contribution is 2.38. The Morgan fingerprint density at radius 3 is 2.76 bits per heavy atom. The Labute approximate surface area is 215 Å². The third-order valence-corrected chi connectivity index (χ3v) is 7.82. The number of carbonyl (C=O) groups excluding carboxylic acids is 2. The van der Waals surface area contributed by atoms with Crippen molar-refractivity contribution in [3.05, 3.63) is 69.1 Å². The van der Waals surface area contributed by atoms with Crippen molar-refractivity contribution in [2.75, 3.05) is 11.1 Å². The molecule has 1 saturated carbocycles. The number of nitrogens with zero attached hydrogens (tertiary/aromatic N) is 5. The van der Waals surface area contributed by atoms with E-state index in [0.29, 0.717) is 30.5 Å². The van der Waals surface area contributed by atoms with Crippen molar-refractivity contribution in [2.24, 2.45) is 0 Å². The zero-order chi connectivity index (χ0) is 25.7. The van der Waals surface area contributed by atoms with E-state index in [0.717, 1.165) is 33.5 Å². The topological polar surface area (TPSA) is 158 Å². The fourth-order valence-corrected chi connectivity index (χ4v) is 5.65. The average molecular weight is 517 g/mol. The molecule has 188 valence electrons. The first kappa shape index (κ1) is 23.2. The van der Waals surface area contributed by atoms with Gasteiger partial charge in [0.2, 0.25) is 5.91 Å². The molecule has 12 heteroatoms. The van der Waals surface area contributed by atoms with E-state index in [1.54, 1.807) is 24.4 Å². The highest BCUT2D eigenvalue weighted by molar-refractivity contribution is 7.19. The molecule has 0 unspecified atom stereocenters. The lowest BCUT2D eigenvalue weighted by molar-refractivity contribution is -0.124. The van der Waals surface area contributed by atoms with E-state index in [9.17, 15) is 14.4 Å². The fraction of sp³-hybridized carbons (Fsp3) is 0.320. The minimum absolute atomic E-state index is 0.0108. The summed E-state index contributed by atoms with van der Waals surface area (Å²) >= 11 is 1.52. The summed E-state index contributed by atoms with van der Waals surface area (Å²) < 4.78 is 2.37. The molecule has 6 rings (SSSR count). The van der Waals surface area contributed by atoms with E-state index in [-0.39, 0.29) is 23.2 Å². The number of rotatable bonds is 6. The SMILES string of the molecule is C[C@@H]1C[C@@H](C(=O)NCc2cc3cnc(N)cc3s2)n2c1ncc(NC(=O)c1ccc(C3CC3)nn1)c2=O. The molecule has 1 aliphatic carbocycles. The predicted molar refractivity (Wildman–Crippen MR) is 138 cm³/mol. The van der Waals surface area contributed by atoms with Crippen LogP contribution in [0, 0.1) is 0 Å². The molecule has 1 fully saturated rings. The summed E-state index contributed by atoms with van der Waals surface area (Å²) in [4.78, 5) is 48.7. The number of thiophene rings is 1. The van der Waals surface area contributed by atoms with Gasteiger partial charge in [-0.2, -0.15) is 5.10 Å². The summed E-state index contributed by atoms with van der Waals surface area (Å²) in [6.45, 7) is 2.23. The van der Waals surface area contributed by atoms with Crippen molar-refractivity contribution in [1.82, 2.24) is 30.0 Å². The number of nitrogens with one attached hydrogen (secondary N) is 2. The molecule has 0 radical (unpaired) electrons. The Bertz CT molecular complexity index is 1590. The van der Waals surface area contributed by atoms with Gasteiger partial charge in [0.05, 0.1) is 18.4 Å². The van der Waals surface area contributed by atoms with E-state index in [4.69, 9.17) is 5.73 Å². The van der Waals surface area contributed by atoms with Crippen molar-refractivity contribution in [1.29, 1.82) is 0 Å². The van der Waals surface area contributed by atoms with Crippen LogP contribution in [0.4, 0.5) is 11.5 Å². The van der Waals surface area contributed by atoms with Crippen molar-refractivity contribution in [3.63, 3.8) is 0 Å². The molecule has 0 bridgehead atoms. The van der Waals surface area contributed by atoms with Crippen molar-refractivity contribution < 1.29 is 9.59 Å². The largest absolute Gasteiger partial charge is 0.384 e. The molecule has 37 heavy (non-hydrogen) atoms. The molecule has 0 saturated heterocycles. The molecular weight excluding hydrogens is 492 g/mol. The maximum Gasteiger partial charge on any atom is 0.278 e. The van der Waals surface area contributed by atoms with Gasteiger partial charge in [-0.3, -0.25) is 19.0 Å². The van der Waals surface area contributed by atoms with Gasteiger partial charge in [0.25, 0.3) is 11.5 Å². The van der Waals surface area contributed by atoms with Crippen LogP contribution >= 0.6 is 11.3 Å². The van der Waals surface area contributed by atoms with Gasteiger partial charge in [-0.05, 0) is 43.5 Å². The van der Waals surface area contributed by atoms with E-state index >= 15 is 0 Å². The monoisotopic (exact) mass is 516 g/mol. The fourth-order valence-electron chi connectivity index (χ4n) is 4.63. The number of carbonyl (C=O) groups is 2. The predicted octanol–water partition coefficient (Wildman–Crippen LogP) is 2.72. The van der Waals surface area contributed by atoms with Crippen LogP contribution in [-0.4, -0.2) is 36.5 Å². The smallest absolute Gasteiger partial charge is 0.278 e. The van der Waals surface area contributed by atoms with Gasteiger partial charge in [-0.15, -0.1) is 16.4 Å². The molecule has 2 amide bonds. The number of pyridine rings is 1. The zero-order valence-corrected chi connectivity index (χ0v) is 20.8. The molecular formula is C25H24N8O3S. The van der Waals surface area contributed by atoms with Crippen LogP contribution in [0.25, 0.3) is 10.1 Å². The van der Waals surface area contributed by atoms with E-state index < -0.39 is 17.5 Å². The Balaban J connectivity index is 1.19. The molecule has 4 aromatic heterocycles. The number of hydrogen-bond acceptors (Lipinski definition) is 9. The number of nitrogens with two attached hydrogens (primary N) is 1. The number of hydrogen-bond donors (Lipinski definition) is 3. The van der Waals surface area contributed by atoms with Crippen molar-refractivity contribution in [3.8, 4) is 0 Å². The Hall–Kier alpha value is -4.19. The molecule has 1 aliphatic heterocycles. The number of nitrogen functional groups attached to an aromatic ring is 1. The van der Waals surface area contributed by atoms with Gasteiger partial charge in [0.1, 0.15) is 23.4 Å². The van der Waals surface area contributed by atoms with E-state index in [1.165, 1.54) is 22.1 Å². The molecule has 0 aromatic carbocycles. The van der Waals surface area contributed by atoms with Crippen molar-refractivity contribution in [2.45, 2.75) is 50.6 Å². The number of amides is 2. The van der Waals surface area contributed by atoms with E-state index in [2.05, 4.69) is 30.8 Å². The van der Waals surface area contributed by atoms with Crippen LogP contribution in [0.1, 0.15) is 70.9 Å². The van der Waals surface area contributed by atoms with Crippen LogP contribution in [0.5, 0.6) is 0 Å². The highest BCUT2D eigenvalue weighted by atomic mass is 32.1. The molecule has 2 aliphatic rings. The molecule has 0 spiro atoms. The van der Waals surface area contributed by atoms with E-state index in [1.807, 2.05) is 13.0 Å². The Kier molecular flexibility index (Phi) is 5.67. The third-order valence-electron chi connectivity index (χ3n) is 6.73. The average Bonchev–Trinajstić information content (AvgIpc) is 3.58. The molecule has 2 atom stereocenters. The van der Waals surface area contributed by atoms with Crippen LogP contribution in [0.15, 0.2) is 41.5 Å². The molecule has 4 N–H and O–H groups in total. The lowest BCUT2D eigenvalue weighted by Gasteiger charge is -2.15. The number of fused-ring (bicyclic) bond motifs is 2. The minimum Gasteiger partial charge on any atom is -0.384 e. The van der Waals surface area contributed by atoms with Crippen LogP contribution in [0.2, 0.25) is 0 Å². The van der Waals surface area contributed by atoms with Gasteiger partial charge in [-0.1, -0.05) is 6.92 Å². The zero-order valence-electron chi connectivity index (χ0n) is 20.0. The normalized spacial score (nSPS) is 18.5. The van der Waals surface area contributed by atoms with Crippen LogP contribution in [-0.2, 0) is 11.3 Å². The maximum absolute atomic E-state index is 13.3. The summed E-state index contributed by atoms with van der Waals surface area (Å²) in [6.07, 6.45) is 5.65. The summed E-state index contributed by atoms with van der Waals surface area (Å²) in [6, 6.07) is 6.42. The first-order chi connectivity index (χ1) is 17.9. The van der Waals surface area contributed by atoms with Gasteiger partial charge in [-0.25, -0.2) is 9.97 Å². The first-order valence-electron chi connectivity index (χ1n) is 12.1. The maximum atomic E-state index is 13.3. The lowest BCUT2D eigenvalue weighted by Crippen LogP contribution is -2.36. The van der Waals surface area contributed by atoms with Crippen LogP contribution in [0.3, 0.4) is 0 Å². The molecule has 11 nitrogen and oxygen atoms in total. The first-order valence-corrected chi connectivity index (χ1v) is 12.9. The quantitative estimate of drug-likeness (QED) is 0.353. The second-order valence-electron chi connectivity index (χ2n) is 9.51. The minimum atomic E-state index is -0.730. The van der Waals surface area contributed by atoms with Gasteiger partial charge < -0.3 is 16.4 Å². The van der Waals surface area contributed by atoms with Crippen LogP contribution < -0.4 is 21.9 Å².